The molecule has 0 spiro atoms. The number of aliphatic imine (C=N–C) groups is 1. The largest absolute Gasteiger partial charge is 0.442 e. The number of rotatable bonds is 3. The highest BCUT2D eigenvalue weighted by atomic mass is 16.5. The highest BCUT2D eigenvalue weighted by Gasteiger charge is 2.38. The summed E-state index contributed by atoms with van der Waals surface area (Å²) in [4.78, 5) is 17.1. The first-order valence-corrected chi connectivity index (χ1v) is 9.00. The van der Waals surface area contributed by atoms with Gasteiger partial charge in [-0.25, -0.2) is 4.99 Å². The summed E-state index contributed by atoms with van der Waals surface area (Å²) >= 11 is 0. The molecule has 1 atom stereocenters. The fraction of sp³-hybridized carbons (Fsp3) is 0.174. The molecule has 0 saturated heterocycles. The molecule has 1 aliphatic carbocycles. The van der Waals surface area contributed by atoms with Crippen molar-refractivity contribution in [1.82, 2.24) is 0 Å². The Morgan fingerprint density at radius 3 is 2.44 bits per heavy atom. The van der Waals surface area contributed by atoms with Crippen LogP contribution in [-0.4, -0.2) is 12.0 Å². The summed E-state index contributed by atoms with van der Waals surface area (Å²) in [6.45, 7) is 0. The lowest BCUT2D eigenvalue weighted by Gasteiger charge is -2.30. The van der Waals surface area contributed by atoms with Gasteiger partial charge in [0.2, 0.25) is 5.88 Å². The van der Waals surface area contributed by atoms with E-state index in [0.717, 1.165) is 17.5 Å². The van der Waals surface area contributed by atoms with Gasteiger partial charge in [-0.15, -0.1) is 0 Å². The predicted molar refractivity (Wildman–Crippen MR) is 103 cm³/mol. The molecule has 2 aromatic rings. The third kappa shape index (κ3) is 3.32. The average molecular weight is 354 g/mol. The molecule has 132 valence electrons. The second kappa shape index (κ2) is 7.43. The van der Waals surface area contributed by atoms with Crippen molar-refractivity contribution in [3.05, 3.63) is 94.6 Å². The summed E-state index contributed by atoms with van der Waals surface area (Å²) in [6, 6.07) is 21.5. The molecule has 1 heterocycles. The number of Topliss-reactive ketones (excluding diaryl/α,β-unsaturated/α-hetero) is 1. The predicted octanol–water partition coefficient (Wildman–Crippen LogP) is 4.66. The van der Waals surface area contributed by atoms with E-state index in [2.05, 4.69) is 11.1 Å². The maximum Gasteiger partial charge on any atom is 0.233 e. The number of ketones is 1. The van der Waals surface area contributed by atoms with Crippen LogP contribution in [0.25, 0.3) is 0 Å². The smallest absolute Gasteiger partial charge is 0.233 e. The van der Waals surface area contributed by atoms with Crippen LogP contribution in [0.15, 0.2) is 88.4 Å². The Morgan fingerprint density at radius 1 is 1.04 bits per heavy atom. The molecule has 0 N–H and O–H groups in total. The van der Waals surface area contributed by atoms with Crippen LogP contribution < -0.4 is 0 Å². The van der Waals surface area contributed by atoms with Gasteiger partial charge in [0.25, 0.3) is 0 Å². The van der Waals surface area contributed by atoms with Crippen molar-refractivity contribution in [2.24, 2.45) is 4.99 Å². The van der Waals surface area contributed by atoms with Crippen LogP contribution in [0.4, 0.5) is 0 Å². The molecule has 4 nitrogen and oxygen atoms in total. The molecule has 0 radical (unpaired) electrons. The Balaban J connectivity index is 1.82. The molecule has 0 bridgehead atoms. The van der Waals surface area contributed by atoms with E-state index < -0.39 is 5.92 Å². The number of benzene rings is 2. The average Bonchev–Trinajstić information content (AvgIpc) is 2.72. The van der Waals surface area contributed by atoms with Gasteiger partial charge in [-0.1, -0.05) is 60.7 Å². The Bertz CT molecular complexity index is 996. The van der Waals surface area contributed by atoms with Crippen molar-refractivity contribution in [3.8, 4) is 6.07 Å². The van der Waals surface area contributed by atoms with Gasteiger partial charge in [-0.3, -0.25) is 4.79 Å². The number of hydrogen-bond acceptors (Lipinski definition) is 4. The lowest BCUT2D eigenvalue weighted by molar-refractivity contribution is -0.116. The van der Waals surface area contributed by atoms with E-state index in [-0.39, 0.29) is 11.7 Å². The molecule has 27 heavy (non-hydrogen) atoms. The van der Waals surface area contributed by atoms with Gasteiger partial charge >= 0.3 is 0 Å². The van der Waals surface area contributed by atoms with E-state index in [4.69, 9.17) is 4.74 Å². The third-order valence-corrected chi connectivity index (χ3v) is 4.82. The summed E-state index contributed by atoms with van der Waals surface area (Å²) in [5, 5.41) is 9.87. The highest BCUT2D eigenvalue weighted by molar-refractivity contribution is 5.99. The van der Waals surface area contributed by atoms with Crippen LogP contribution in [0.3, 0.4) is 0 Å². The van der Waals surface area contributed by atoms with Crippen molar-refractivity contribution >= 4 is 12.0 Å². The fourth-order valence-corrected chi connectivity index (χ4v) is 3.56. The van der Waals surface area contributed by atoms with Crippen LogP contribution in [0.2, 0.25) is 0 Å². The fourth-order valence-electron chi connectivity index (χ4n) is 3.56. The topological polar surface area (TPSA) is 62.4 Å². The molecule has 0 saturated carbocycles. The van der Waals surface area contributed by atoms with Gasteiger partial charge in [0.15, 0.2) is 5.78 Å². The summed E-state index contributed by atoms with van der Waals surface area (Å²) in [7, 11) is 0. The van der Waals surface area contributed by atoms with Gasteiger partial charge in [0.1, 0.15) is 17.4 Å². The molecular formula is C23H18N2O2. The quantitative estimate of drug-likeness (QED) is 0.753. The molecule has 4 rings (SSSR count). The van der Waals surface area contributed by atoms with Gasteiger partial charge in [0, 0.05) is 24.6 Å². The second-order valence-corrected chi connectivity index (χ2v) is 6.56. The van der Waals surface area contributed by atoms with Crippen LogP contribution in [-0.2, 0) is 9.53 Å². The minimum Gasteiger partial charge on any atom is -0.442 e. The van der Waals surface area contributed by atoms with Crippen molar-refractivity contribution in [1.29, 1.82) is 5.26 Å². The monoisotopic (exact) mass is 354 g/mol. The standard InChI is InChI=1S/C23H18N2O2/c24-14-18-21(17-10-5-2-6-11-17)22-19(26)12-7-13-20(22)27-23(18)25-15-16-8-3-1-4-9-16/h1-6,8-11,15,21H,7,12-13H2/b25-15+. The van der Waals surface area contributed by atoms with Gasteiger partial charge in [0.05, 0.1) is 5.92 Å². The number of nitrogens with zero attached hydrogens (tertiary/aromatic N) is 2. The summed E-state index contributed by atoms with van der Waals surface area (Å²) in [5.74, 6) is 0.572. The SMILES string of the molecule is N#CC1=C(/N=C/c2ccccc2)OC2=C(C(=O)CCC2)C1c1ccccc1. The summed E-state index contributed by atoms with van der Waals surface area (Å²) < 4.78 is 5.96. The highest BCUT2D eigenvalue weighted by Crippen LogP contribution is 2.44. The van der Waals surface area contributed by atoms with Crippen LogP contribution in [0.5, 0.6) is 0 Å². The molecule has 2 aromatic carbocycles. The van der Waals surface area contributed by atoms with E-state index in [1.165, 1.54) is 0 Å². The van der Waals surface area contributed by atoms with Gasteiger partial charge in [-0.05, 0) is 17.5 Å². The lowest BCUT2D eigenvalue weighted by Crippen LogP contribution is -2.25. The molecule has 0 amide bonds. The first-order valence-electron chi connectivity index (χ1n) is 9.00. The van der Waals surface area contributed by atoms with E-state index in [1.54, 1.807) is 6.21 Å². The second-order valence-electron chi connectivity index (χ2n) is 6.56. The van der Waals surface area contributed by atoms with Crippen LogP contribution in [0.1, 0.15) is 36.3 Å². The molecule has 0 aromatic heterocycles. The summed E-state index contributed by atoms with van der Waals surface area (Å²) in [5.41, 5.74) is 2.82. The molecule has 0 fully saturated rings. The minimum atomic E-state index is -0.421. The van der Waals surface area contributed by atoms with Gasteiger partial charge < -0.3 is 4.74 Å². The van der Waals surface area contributed by atoms with Crippen LogP contribution in [0, 0.1) is 11.3 Å². The van der Waals surface area contributed by atoms with Crippen molar-refractivity contribution in [2.45, 2.75) is 25.2 Å². The van der Waals surface area contributed by atoms with Crippen molar-refractivity contribution in [2.75, 3.05) is 0 Å². The molecular weight excluding hydrogens is 336 g/mol. The summed E-state index contributed by atoms with van der Waals surface area (Å²) in [6.07, 6.45) is 3.63. The number of nitriles is 1. The zero-order chi connectivity index (χ0) is 18.6. The van der Waals surface area contributed by atoms with Crippen LogP contribution >= 0.6 is 0 Å². The first-order chi connectivity index (χ1) is 13.3. The number of hydrogen-bond donors (Lipinski definition) is 0. The van der Waals surface area contributed by atoms with Gasteiger partial charge in [-0.2, -0.15) is 5.26 Å². The maximum absolute atomic E-state index is 12.7. The van der Waals surface area contributed by atoms with E-state index in [9.17, 15) is 10.1 Å². The number of carbonyl (C=O) groups excluding carboxylic acids is 1. The Hall–Kier alpha value is -3.45. The first kappa shape index (κ1) is 17.0. The minimum absolute atomic E-state index is 0.0592. The van der Waals surface area contributed by atoms with Crippen molar-refractivity contribution < 1.29 is 9.53 Å². The van der Waals surface area contributed by atoms with E-state index >= 15 is 0 Å². The normalized spacial score (nSPS) is 19.7. The molecule has 1 aliphatic heterocycles. The van der Waals surface area contributed by atoms with E-state index in [0.29, 0.717) is 29.7 Å². The zero-order valence-corrected chi connectivity index (χ0v) is 14.8. The molecule has 2 aliphatic rings. The number of allylic oxidation sites excluding steroid dienone is 3. The Labute approximate surface area is 158 Å². The third-order valence-electron chi connectivity index (χ3n) is 4.82. The lowest BCUT2D eigenvalue weighted by atomic mass is 9.77. The Morgan fingerprint density at radius 2 is 1.74 bits per heavy atom. The van der Waals surface area contributed by atoms with Crippen molar-refractivity contribution in [3.63, 3.8) is 0 Å². The number of ether oxygens (including phenoxy) is 1. The molecule has 1 unspecified atom stereocenters. The zero-order valence-electron chi connectivity index (χ0n) is 14.8. The molecule has 4 heteroatoms. The van der Waals surface area contributed by atoms with E-state index in [1.807, 2.05) is 60.7 Å². The maximum atomic E-state index is 12.7. The number of carbonyl (C=O) groups is 1. The Kier molecular flexibility index (Phi) is 4.67.